The van der Waals surface area contributed by atoms with Crippen molar-refractivity contribution >= 4 is 21.7 Å². The first-order chi connectivity index (χ1) is 9.89. The molecule has 0 radical (unpaired) electrons. The molecule has 1 saturated heterocycles. The van der Waals surface area contributed by atoms with Crippen LogP contribution >= 0.6 is 0 Å². The molecular formula is C13H18N4O3S. The maximum Gasteiger partial charge on any atom is 0.246 e. The van der Waals surface area contributed by atoms with Crippen molar-refractivity contribution in [3.05, 3.63) is 18.3 Å². The fourth-order valence-electron chi connectivity index (χ4n) is 2.35. The van der Waals surface area contributed by atoms with Crippen molar-refractivity contribution in [2.45, 2.75) is 23.8 Å². The van der Waals surface area contributed by atoms with E-state index >= 15 is 0 Å². The molecule has 2 heterocycles. The van der Waals surface area contributed by atoms with Crippen LogP contribution in [0, 0.1) is 0 Å². The first-order valence-electron chi connectivity index (χ1n) is 6.82. The number of nitrogens with zero attached hydrogens (tertiary/aromatic N) is 4. The van der Waals surface area contributed by atoms with Crippen molar-refractivity contribution in [1.29, 1.82) is 0 Å². The van der Waals surface area contributed by atoms with Crippen molar-refractivity contribution in [3.63, 3.8) is 0 Å². The normalized spacial score (nSPS) is 20.1. The molecule has 1 aromatic rings. The number of aromatic nitrogens is 1. The monoisotopic (exact) mass is 310 g/mol. The topological polar surface area (TPSA) is 73.8 Å². The lowest BCUT2D eigenvalue weighted by atomic mass is 10.4. The van der Waals surface area contributed by atoms with E-state index in [1.54, 1.807) is 15.9 Å². The maximum atomic E-state index is 12.5. The number of hydrogen-bond donors (Lipinski definition) is 0. The molecule has 0 spiro atoms. The third-order valence-electron chi connectivity index (χ3n) is 3.75. The molecule has 1 aliphatic heterocycles. The molecule has 7 nitrogen and oxygen atoms in total. The highest BCUT2D eigenvalue weighted by Gasteiger charge is 2.42. The highest BCUT2D eigenvalue weighted by atomic mass is 32.2. The second-order valence-electron chi connectivity index (χ2n) is 5.60. The first-order valence-corrected chi connectivity index (χ1v) is 8.26. The summed E-state index contributed by atoms with van der Waals surface area (Å²) in [4.78, 5) is 19.6. The molecule has 1 aromatic heterocycles. The van der Waals surface area contributed by atoms with Crippen molar-refractivity contribution in [2.75, 3.05) is 32.2 Å². The zero-order valence-corrected chi connectivity index (χ0v) is 12.9. The van der Waals surface area contributed by atoms with Gasteiger partial charge in [0.15, 0.2) is 0 Å². The lowest BCUT2D eigenvalue weighted by molar-refractivity contribution is -0.127. The third-order valence-corrected chi connectivity index (χ3v) is 5.51. The summed E-state index contributed by atoms with van der Waals surface area (Å²) in [7, 11) is 0.0100. The summed E-state index contributed by atoms with van der Waals surface area (Å²) in [6.07, 6.45) is 3.28. The third kappa shape index (κ3) is 2.60. The summed E-state index contributed by atoms with van der Waals surface area (Å²) in [6, 6.07) is 3.41. The van der Waals surface area contributed by atoms with Gasteiger partial charge in [0.25, 0.3) is 0 Å². The van der Waals surface area contributed by atoms with Crippen LogP contribution < -0.4 is 4.90 Å². The molecule has 114 valence electrons. The molecule has 1 saturated carbocycles. The Morgan fingerprint density at radius 2 is 2.00 bits per heavy atom. The minimum Gasteiger partial charge on any atom is -0.363 e. The lowest BCUT2D eigenvalue weighted by Gasteiger charge is -2.18. The van der Waals surface area contributed by atoms with Gasteiger partial charge in [-0.2, -0.15) is 4.31 Å². The van der Waals surface area contributed by atoms with Gasteiger partial charge in [-0.15, -0.1) is 0 Å². The summed E-state index contributed by atoms with van der Waals surface area (Å²) >= 11 is 0. The molecule has 21 heavy (non-hydrogen) atoms. The van der Waals surface area contributed by atoms with E-state index in [4.69, 9.17) is 0 Å². The molecule has 0 N–H and O–H groups in total. The fourth-order valence-corrected chi connectivity index (χ4v) is 3.63. The van der Waals surface area contributed by atoms with Crippen LogP contribution in [0.4, 0.5) is 5.82 Å². The van der Waals surface area contributed by atoms with Crippen molar-refractivity contribution in [2.24, 2.45) is 0 Å². The summed E-state index contributed by atoms with van der Waals surface area (Å²) in [5, 5.41) is 0. The van der Waals surface area contributed by atoms with Gasteiger partial charge >= 0.3 is 0 Å². The zero-order valence-electron chi connectivity index (χ0n) is 12.1. The van der Waals surface area contributed by atoms with Crippen LogP contribution in [-0.2, 0) is 14.8 Å². The van der Waals surface area contributed by atoms with Crippen LogP contribution in [0.1, 0.15) is 12.8 Å². The molecule has 8 heteroatoms. The SMILES string of the molecule is CN(C)c1ccc(S(=O)(=O)N2CC(=O)N(C3CC3)C2)cn1. The Hall–Kier alpha value is -1.67. The predicted octanol–water partition coefficient (Wildman–Crippen LogP) is 0.100. The molecule has 2 aliphatic rings. The highest BCUT2D eigenvalue weighted by Crippen LogP contribution is 2.31. The van der Waals surface area contributed by atoms with Gasteiger partial charge in [-0.1, -0.05) is 0 Å². The number of rotatable bonds is 4. The second-order valence-corrected chi connectivity index (χ2v) is 7.54. The predicted molar refractivity (Wildman–Crippen MR) is 77.2 cm³/mol. The number of carbonyl (C=O) groups is 1. The van der Waals surface area contributed by atoms with E-state index in [0.717, 1.165) is 12.8 Å². The molecule has 0 aromatic carbocycles. The van der Waals surface area contributed by atoms with Gasteiger partial charge in [-0.25, -0.2) is 13.4 Å². The smallest absolute Gasteiger partial charge is 0.246 e. The maximum absolute atomic E-state index is 12.5. The zero-order chi connectivity index (χ0) is 15.2. The summed E-state index contributed by atoms with van der Waals surface area (Å²) in [6.45, 7) is 0.0789. The minimum atomic E-state index is -3.66. The van der Waals surface area contributed by atoms with E-state index in [0.29, 0.717) is 5.82 Å². The van der Waals surface area contributed by atoms with Crippen LogP contribution in [0.25, 0.3) is 0 Å². The van der Waals surface area contributed by atoms with Crippen LogP contribution in [0.5, 0.6) is 0 Å². The lowest BCUT2D eigenvalue weighted by Crippen LogP contribution is -2.32. The van der Waals surface area contributed by atoms with E-state index < -0.39 is 10.0 Å². The van der Waals surface area contributed by atoms with Gasteiger partial charge in [0.05, 0.1) is 13.2 Å². The fraction of sp³-hybridized carbons (Fsp3) is 0.538. The van der Waals surface area contributed by atoms with Gasteiger partial charge < -0.3 is 9.80 Å². The van der Waals surface area contributed by atoms with Crippen molar-refractivity contribution in [1.82, 2.24) is 14.2 Å². The first kappa shape index (κ1) is 14.3. The Balaban J connectivity index is 1.82. The van der Waals surface area contributed by atoms with E-state index in [1.807, 2.05) is 14.1 Å². The van der Waals surface area contributed by atoms with Gasteiger partial charge in [-0.3, -0.25) is 4.79 Å². The van der Waals surface area contributed by atoms with Crippen LogP contribution in [0.2, 0.25) is 0 Å². The van der Waals surface area contributed by atoms with Crippen LogP contribution in [0.15, 0.2) is 23.2 Å². The summed E-state index contributed by atoms with van der Waals surface area (Å²) in [5.74, 6) is 0.574. The average Bonchev–Trinajstić information content (AvgIpc) is 3.21. The Labute approximate surface area is 124 Å². The van der Waals surface area contributed by atoms with Crippen molar-refractivity contribution in [3.8, 4) is 0 Å². The molecule has 0 bridgehead atoms. The summed E-state index contributed by atoms with van der Waals surface area (Å²) in [5.41, 5.74) is 0. The Kier molecular flexibility index (Phi) is 3.37. The van der Waals surface area contributed by atoms with E-state index in [2.05, 4.69) is 4.98 Å². The Bertz CT molecular complexity index is 652. The van der Waals surface area contributed by atoms with E-state index in [-0.39, 0.29) is 30.1 Å². The van der Waals surface area contributed by atoms with Gasteiger partial charge in [0.2, 0.25) is 15.9 Å². The molecule has 3 rings (SSSR count). The van der Waals surface area contributed by atoms with Gasteiger partial charge in [0, 0.05) is 26.3 Å². The van der Waals surface area contributed by atoms with E-state index in [1.165, 1.54) is 16.6 Å². The van der Waals surface area contributed by atoms with Gasteiger partial charge in [-0.05, 0) is 25.0 Å². The van der Waals surface area contributed by atoms with Crippen LogP contribution in [-0.4, -0.2) is 61.9 Å². The highest BCUT2D eigenvalue weighted by molar-refractivity contribution is 7.89. The molecule has 1 amide bonds. The summed E-state index contributed by atoms with van der Waals surface area (Å²) < 4.78 is 26.3. The second kappa shape index (κ2) is 4.96. The Morgan fingerprint density at radius 3 is 2.52 bits per heavy atom. The standard InChI is InChI=1S/C13H18N4O3S/c1-15(2)12-6-5-11(7-14-12)21(19,20)16-8-13(18)17(9-16)10-3-4-10/h5-7,10H,3-4,8-9H2,1-2H3. The Morgan fingerprint density at radius 1 is 1.29 bits per heavy atom. The number of amides is 1. The number of anilines is 1. The molecule has 0 atom stereocenters. The van der Waals surface area contributed by atoms with Gasteiger partial charge in [0.1, 0.15) is 10.7 Å². The number of hydrogen-bond acceptors (Lipinski definition) is 5. The molecule has 0 unspecified atom stereocenters. The molecular weight excluding hydrogens is 292 g/mol. The molecule has 2 fully saturated rings. The quantitative estimate of drug-likeness (QED) is 0.788. The largest absolute Gasteiger partial charge is 0.363 e. The number of pyridine rings is 1. The number of carbonyl (C=O) groups excluding carboxylic acids is 1. The average molecular weight is 310 g/mol. The van der Waals surface area contributed by atoms with Crippen molar-refractivity contribution < 1.29 is 13.2 Å². The number of sulfonamides is 1. The van der Waals surface area contributed by atoms with Crippen LogP contribution in [0.3, 0.4) is 0 Å². The minimum absolute atomic E-state index is 0.0751. The molecule has 1 aliphatic carbocycles. The van der Waals surface area contributed by atoms with E-state index in [9.17, 15) is 13.2 Å².